The zero-order valence-electron chi connectivity index (χ0n) is 17.4. The summed E-state index contributed by atoms with van der Waals surface area (Å²) >= 11 is 1.24. The third-order valence-electron chi connectivity index (χ3n) is 6.90. The van der Waals surface area contributed by atoms with Gasteiger partial charge in [-0.1, -0.05) is 6.07 Å². The van der Waals surface area contributed by atoms with Crippen LogP contribution in [0.25, 0.3) is 32.9 Å². The van der Waals surface area contributed by atoms with Crippen molar-refractivity contribution in [3.63, 3.8) is 0 Å². The van der Waals surface area contributed by atoms with Crippen LogP contribution in [-0.4, -0.2) is 44.6 Å². The number of para-hydroxylation sites is 2. The second-order valence-electron chi connectivity index (χ2n) is 8.96. The molecule has 0 unspecified atom stereocenters. The molecular formula is C26H17NO2SSiTe. The Morgan fingerprint density at radius 2 is 1.62 bits per heavy atom. The van der Waals surface area contributed by atoms with Crippen molar-refractivity contribution in [2.75, 3.05) is 0 Å². The van der Waals surface area contributed by atoms with Crippen LogP contribution in [-0.2, 0) is 0 Å². The molecule has 32 heavy (non-hydrogen) atoms. The molecule has 0 N–H and O–H groups in total. The summed E-state index contributed by atoms with van der Waals surface area (Å²) in [7, 11) is -1.94. The Kier molecular flexibility index (Phi) is 3.74. The van der Waals surface area contributed by atoms with E-state index in [1.807, 2.05) is 14.2 Å². The Morgan fingerprint density at radius 3 is 2.41 bits per heavy atom. The van der Waals surface area contributed by atoms with Crippen molar-refractivity contribution >= 4 is 89.7 Å². The van der Waals surface area contributed by atoms with Gasteiger partial charge in [0.05, 0.1) is 0 Å². The number of thiophene rings is 1. The van der Waals surface area contributed by atoms with Gasteiger partial charge in [-0.3, -0.25) is 0 Å². The van der Waals surface area contributed by atoms with Crippen LogP contribution in [0.1, 0.15) is 25.6 Å². The third-order valence-corrected chi connectivity index (χ3v) is 13.8. The van der Waals surface area contributed by atoms with Gasteiger partial charge in [-0.15, -0.1) is 0 Å². The molecule has 6 heteroatoms. The van der Waals surface area contributed by atoms with Crippen molar-refractivity contribution in [2.45, 2.75) is 13.1 Å². The predicted octanol–water partition coefficient (Wildman–Crippen LogP) is 4.50. The first-order valence-electron chi connectivity index (χ1n) is 10.5. The fourth-order valence-electron chi connectivity index (χ4n) is 5.28. The van der Waals surface area contributed by atoms with Gasteiger partial charge in [0.15, 0.2) is 0 Å². The van der Waals surface area contributed by atoms with Gasteiger partial charge in [0.2, 0.25) is 0 Å². The van der Waals surface area contributed by atoms with Gasteiger partial charge >= 0.3 is 194 Å². The van der Waals surface area contributed by atoms with E-state index in [0.717, 1.165) is 4.88 Å². The molecule has 3 nitrogen and oxygen atoms in total. The first-order valence-corrected chi connectivity index (χ1v) is 17.0. The molecule has 0 radical (unpaired) electrons. The van der Waals surface area contributed by atoms with Crippen LogP contribution in [0.4, 0.5) is 0 Å². The Morgan fingerprint density at radius 1 is 0.906 bits per heavy atom. The molecule has 0 fully saturated rings. The Balaban J connectivity index is 1.51. The second-order valence-corrected chi connectivity index (χ2v) is 16.5. The first kappa shape index (κ1) is 19.0. The standard InChI is InChI=1S/C26H17NO2SSiTe/c1-31(2)21-9-5-7-16-15-6-3-4-8-20(15)27(23(16)21)26-22(31)11-14(30-26)10-17-24(28)18-12-32-13-19(18)25(17)29/h3-13H,1-2H3. The van der Waals surface area contributed by atoms with Gasteiger partial charge < -0.3 is 0 Å². The molecule has 0 bridgehead atoms. The van der Waals surface area contributed by atoms with E-state index in [9.17, 15) is 9.59 Å². The normalized spacial score (nSPS) is 16.1. The van der Waals surface area contributed by atoms with Crippen LogP contribution in [0.2, 0.25) is 13.1 Å². The number of allylic oxidation sites excluding steroid dienone is 1. The summed E-state index contributed by atoms with van der Waals surface area (Å²) in [6.07, 6.45) is 1.84. The van der Waals surface area contributed by atoms with E-state index in [4.69, 9.17) is 0 Å². The second kappa shape index (κ2) is 6.30. The molecule has 2 aliphatic rings. The summed E-state index contributed by atoms with van der Waals surface area (Å²) in [6, 6.07) is 17.5. The molecule has 1 aliphatic heterocycles. The molecule has 4 heterocycles. The predicted molar refractivity (Wildman–Crippen MR) is 135 cm³/mol. The average Bonchev–Trinajstić information content (AvgIpc) is 3.54. The van der Waals surface area contributed by atoms with Crippen LogP contribution in [0.3, 0.4) is 0 Å². The zero-order chi connectivity index (χ0) is 21.8. The van der Waals surface area contributed by atoms with Crippen molar-refractivity contribution in [3.8, 4) is 5.00 Å². The van der Waals surface area contributed by atoms with Crippen LogP contribution < -0.4 is 10.4 Å². The van der Waals surface area contributed by atoms with Gasteiger partial charge in [-0.05, 0) is 0 Å². The number of Topliss-reactive ketones (excluding diaryl/α,β-unsaturated/α-hetero) is 2. The zero-order valence-corrected chi connectivity index (χ0v) is 21.6. The van der Waals surface area contributed by atoms with E-state index < -0.39 is 28.5 Å². The van der Waals surface area contributed by atoms with Crippen molar-refractivity contribution in [1.29, 1.82) is 0 Å². The topological polar surface area (TPSA) is 39.1 Å². The Hall–Kier alpha value is -2.49. The van der Waals surface area contributed by atoms with Gasteiger partial charge in [0, 0.05) is 0 Å². The summed E-state index contributed by atoms with van der Waals surface area (Å²) < 4.78 is 6.40. The minimum absolute atomic E-state index is 0.0937. The number of hydrogen-bond donors (Lipinski definition) is 0. The molecule has 0 spiro atoms. The quantitative estimate of drug-likeness (QED) is 0.171. The number of carbonyl (C=O) groups is 2. The van der Waals surface area contributed by atoms with Crippen molar-refractivity contribution in [1.82, 2.24) is 4.57 Å². The van der Waals surface area contributed by atoms with E-state index in [0.29, 0.717) is 16.7 Å². The molecule has 3 aromatic heterocycles. The van der Waals surface area contributed by atoms with Crippen LogP contribution in [0, 0.1) is 0 Å². The molecule has 1 aliphatic carbocycles. The average molecular weight is 563 g/mol. The molecular weight excluding hydrogens is 546 g/mol. The number of aromatic nitrogens is 1. The monoisotopic (exact) mass is 565 g/mol. The molecule has 0 saturated carbocycles. The summed E-state index contributed by atoms with van der Waals surface area (Å²) in [4.78, 5) is 26.7. The number of carbonyl (C=O) groups excluding carboxylic acids is 2. The summed E-state index contributed by atoms with van der Waals surface area (Å²) in [5.74, 6) is -0.187. The van der Waals surface area contributed by atoms with Crippen molar-refractivity contribution in [3.05, 3.63) is 78.3 Å². The van der Waals surface area contributed by atoms with Gasteiger partial charge in [0.25, 0.3) is 0 Å². The molecule has 154 valence electrons. The minimum atomic E-state index is -1.94. The molecule has 0 saturated heterocycles. The summed E-state index contributed by atoms with van der Waals surface area (Å²) in [5.41, 5.74) is 4.15. The van der Waals surface area contributed by atoms with E-state index in [-0.39, 0.29) is 11.6 Å². The maximum atomic E-state index is 12.9. The summed E-state index contributed by atoms with van der Waals surface area (Å²) in [5, 5.41) is 6.63. The number of rotatable bonds is 1. The van der Waals surface area contributed by atoms with E-state index >= 15 is 0 Å². The van der Waals surface area contributed by atoms with E-state index in [2.05, 4.69) is 66.2 Å². The number of ketones is 2. The van der Waals surface area contributed by atoms with Crippen LogP contribution >= 0.6 is 11.3 Å². The Bertz CT molecular complexity index is 1670. The van der Waals surface area contributed by atoms with Crippen LogP contribution in [0.5, 0.6) is 0 Å². The Labute approximate surface area is 199 Å². The number of nitrogens with zero attached hydrogens (tertiary/aromatic N) is 1. The molecule has 7 rings (SSSR count). The van der Waals surface area contributed by atoms with E-state index in [1.165, 1.54) is 37.2 Å². The number of fused-ring (bicyclic) bond motifs is 6. The number of benzene rings is 2. The van der Waals surface area contributed by atoms with Crippen LogP contribution in [0.15, 0.2) is 62.3 Å². The van der Waals surface area contributed by atoms with Crippen molar-refractivity contribution in [2.24, 2.45) is 0 Å². The van der Waals surface area contributed by atoms with Gasteiger partial charge in [0.1, 0.15) is 0 Å². The van der Waals surface area contributed by atoms with Gasteiger partial charge in [-0.25, -0.2) is 0 Å². The molecule has 2 aromatic carbocycles. The third kappa shape index (κ3) is 2.26. The SMILES string of the molecule is C[Si]1(C)c2cc(C=C3C(=O)c4c[te]cc4C3=O)sc2-n2c3ccccc3c3cccc1c32. The van der Waals surface area contributed by atoms with Gasteiger partial charge in [-0.2, -0.15) is 0 Å². The fraction of sp³-hybridized carbons (Fsp3) is 0.0769. The maximum absolute atomic E-state index is 12.9. The fourth-order valence-corrected chi connectivity index (χ4v) is 12.4. The summed E-state index contributed by atoms with van der Waals surface area (Å²) in [6.45, 7) is 4.81. The van der Waals surface area contributed by atoms with E-state index in [1.54, 1.807) is 11.3 Å². The first-order chi connectivity index (χ1) is 15.5. The molecule has 5 aromatic rings. The molecule has 0 amide bonds. The number of hydrogen-bond acceptors (Lipinski definition) is 3. The molecule has 0 atom stereocenters. The van der Waals surface area contributed by atoms with Crippen molar-refractivity contribution < 1.29 is 9.59 Å².